The average Bonchev–Trinajstić information content (AvgIpc) is 2.13. The van der Waals surface area contributed by atoms with E-state index in [4.69, 9.17) is 0 Å². The molecule has 0 spiro atoms. The van der Waals surface area contributed by atoms with Crippen molar-refractivity contribution < 1.29 is 0 Å². The summed E-state index contributed by atoms with van der Waals surface area (Å²) in [7, 11) is -1.04. The number of hydrogen-bond donors (Lipinski definition) is 0. The highest BCUT2D eigenvalue weighted by Gasteiger charge is 2.26. The Morgan fingerprint density at radius 1 is 1.12 bits per heavy atom. The van der Waals surface area contributed by atoms with Crippen molar-refractivity contribution >= 4 is 8.07 Å². The van der Waals surface area contributed by atoms with Gasteiger partial charge in [-0.1, -0.05) is 63.0 Å². The molecule has 0 aromatic carbocycles. The van der Waals surface area contributed by atoms with Crippen LogP contribution in [0.3, 0.4) is 0 Å². The first-order chi connectivity index (χ1) is 7.72. The van der Waals surface area contributed by atoms with Gasteiger partial charge in [0.1, 0.15) is 0 Å². The Kier molecular flexibility index (Phi) is 4.59. The maximum atomic E-state index is 2.40. The van der Waals surface area contributed by atoms with Gasteiger partial charge >= 0.3 is 0 Å². The predicted molar refractivity (Wildman–Crippen MR) is 82.0 cm³/mol. The number of rotatable bonds is 3. The molecule has 0 nitrogen and oxygen atoms in total. The summed E-state index contributed by atoms with van der Waals surface area (Å²) >= 11 is 0. The van der Waals surface area contributed by atoms with Crippen molar-refractivity contribution in [3.8, 4) is 0 Å². The van der Waals surface area contributed by atoms with Gasteiger partial charge < -0.3 is 0 Å². The smallest absolute Gasteiger partial charge is 0.0687 e. The van der Waals surface area contributed by atoms with Crippen molar-refractivity contribution in [1.82, 2.24) is 0 Å². The molecular formula is C16H28Si. The maximum absolute atomic E-state index is 2.40. The van der Waals surface area contributed by atoms with Crippen LogP contribution in [0.15, 0.2) is 35.1 Å². The van der Waals surface area contributed by atoms with E-state index in [0.29, 0.717) is 5.41 Å². The highest BCUT2D eigenvalue weighted by molar-refractivity contribution is 6.80. The van der Waals surface area contributed by atoms with E-state index in [0.717, 1.165) is 0 Å². The Morgan fingerprint density at radius 3 is 2.29 bits per heavy atom. The zero-order valence-electron chi connectivity index (χ0n) is 12.4. The fourth-order valence-corrected chi connectivity index (χ4v) is 3.19. The Hall–Kier alpha value is -0.563. The summed E-state index contributed by atoms with van der Waals surface area (Å²) in [6.45, 7) is 14.1. The summed E-state index contributed by atoms with van der Waals surface area (Å²) in [5, 5.41) is 0. The molecule has 0 heterocycles. The molecule has 0 saturated carbocycles. The van der Waals surface area contributed by atoms with Gasteiger partial charge in [0, 0.05) is 0 Å². The van der Waals surface area contributed by atoms with Crippen LogP contribution in [0.2, 0.25) is 19.6 Å². The summed E-state index contributed by atoms with van der Waals surface area (Å²) < 4.78 is 0. The van der Waals surface area contributed by atoms with Gasteiger partial charge in [-0.2, -0.15) is 0 Å². The largest absolute Gasteiger partial charge is 0.0950 e. The van der Waals surface area contributed by atoms with E-state index in [2.05, 4.69) is 64.3 Å². The number of hydrogen-bond acceptors (Lipinski definition) is 0. The summed E-state index contributed by atoms with van der Waals surface area (Å²) in [5.41, 5.74) is 5.91. The zero-order valence-corrected chi connectivity index (χ0v) is 13.4. The lowest BCUT2D eigenvalue weighted by Gasteiger charge is -2.32. The SMILES string of the molecule is CC1=C(/C=C/C=C/[Si](C)(C)C)C(C)(C)CCC1. The van der Waals surface area contributed by atoms with Crippen LogP contribution in [0.1, 0.15) is 40.0 Å². The fraction of sp³-hybridized carbons (Fsp3) is 0.625. The minimum atomic E-state index is -1.04. The number of allylic oxidation sites excluding steroid dienone is 5. The van der Waals surface area contributed by atoms with Gasteiger partial charge in [0.25, 0.3) is 0 Å². The van der Waals surface area contributed by atoms with Crippen LogP contribution >= 0.6 is 0 Å². The summed E-state index contributed by atoms with van der Waals surface area (Å²) in [6, 6.07) is 0. The second kappa shape index (κ2) is 5.39. The lowest BCUT2D eigenvalue weighted by Crippen LogP contribution is -2.19. The normalized spacial score (nSPS) is 21.8. The van der Waals surface area contributed by atoms with E-state index in [1.54, 1.807) is 11.1 Å². The molecule has 1 aliphatic rings. The summed E-state index contributed by atoms with van der Waals surface area (Å²) in [4.78, 5) is 0. The molecule has 0 radical (unpaired) electrons. The van der Waals surface area contributed by atoms with Gasteiger partial charge in [0.05, 0.1) is 8.07 Å². The lowest BCUT2D eigenvalue weighted by atomic mass is 9.73. The minimum Gasteiger partial charge on any atom is -0.0950 e. The van der Waals surface area contributed by atoms with Crippen molar-refractivity contribution in [3.63, 3.8) is 0 Å². The van der Waals surface area contributed by atoms with Gasteiger partial charge in [-0.05, 0) is 37.2 Å². The van der Waals surface area contributed by atoms with Gasteiger partial charge in [-0.3, -0.25) is 0 Å². The topological polar surface area (TPSA) is 0 Å². The van der Waals surface area contributed by atoms with E-state index in [9.17, 15) is 0 Å². The molecule has 1 rings (SSSR count). The van der Waals surface area contributed by atoms with E-state index >= 15 is 0 Å². The van der Waals surface area contributed by atoms with Gasteiger partial charge in [0.15, 0.2) is 0 Å². The molecule has 0 amide bonds. The highest BCUT2D eigenvalue weighted by atomic mass is 28.3. The molecule has 0 aliphatic heterocycles. The lowest BCUT2D eigenvalue weighted by molar-refractivity contribution is 0.377. The molecule has 1 heteroatoms. The molecule has 0 N–H and O–H groups in total. The first kappa shape index (κ1) is 14.5. The van der Waals surface area contributed by atoms with Crippen LogP contribution in [0.25, 0.3) is 0 Å². The molecule has 96 valence electrons. The first-order valence-corrected chi connectivity index (χ1v) is 10.4. The van der Waals surface area contributed by atoms with E-state index < -0.39 is 8.07 Å². The van der Waals surface area contributed by atoms with E-state index in [1.807, 2.05) is 0 Å². The van der Waals surface area contributed by atoms with Crippen molar-refractivity contribution in [3.05, 3.63) is 35.1 Å². The minimum absolute atomic E-state index is 0.367. The molecule has 0 fully saturated rings. The fourth-order valence-electron chi connectivity index (χ4n) is 2.51. The van der Waals surface area contributed by atoms with Crippen molar-refractivity contribution in [2.24, 2.45) is 5.41 Å². The predicted octanol–water partition coefficient (Wildman–Crippen LogP) is 5.50. The van der Waals surface area contributed by atoms with Gasteiger partial charge in [-0.15, -0.1) is 0 Å². The molecule has 0 atom stereocenters. The van der Waals surface area contributed by atoms with Gasteiger partial charge in [-0.25, -0.2) is 0 Å². The highest BCUT2D eigenvalue weighted by Crippen LogP contribution is 2.40. The molecule has 0 saturated heterocycles. The van der Waals surface area contributed by atoms with Crippen molar-refractivity contribution in [1.29, 1.82) is 0 Å². The third kappa shape index (κ3) is 4.67. The van der Waals surface area contributed by atoms with Gasteiger partial charge in [0.2, 0.25) is 0 Å². The molecule has 0 unspecified atom stereocenters. The Balaban J connectivity index is 2.79. The molecule has 0 aromatic rings. The third-order valence-electron chi connectivity index (χ3n) is 3.51. The zero-order chi connectivity index (χ0) is 13.1. The second-order valence-corrected chi connectivity index (χ2v) is 12.1. The quantitative estimate of drug-likeness (QED) is 0.457. The van der Waals surface area contributed by atoms with Crippen LogP contribution in [-0.4, -0.2) is 8.07 Å². The van der Waals surface area contributed by atoms with Crippen LogP contribution in [0, 0.1) is 5.41 Å². The Bertz CT molecular complexity index is 348. The van der Waals surface area contributed by atoms with Crippen LogP contribution in [0.5, 0.6) is 0 Å². The monoisotopic (exact) mass is 248 g/mol. The van der Waals surface area contributed by atoms with E-state index in [-0.39, 0.29) is 0 Å². The molecule has 0 aromatic heterocycles. The van der Waals surface area contributed by atoms with Crippen LogP contribution < -0.4 is 0 Å². The molecule has 1 aliphatic carbocycles. The maximum Gasteiger partial charge on any atom is 0.0687 e. The summed E-state index contributed by atoms with van der Waals surface area (Å²) in [6.07, 6.45) is 10.8. The molecular weight excluding hydrogens is 220 g/mol. The van der Waals surface area contributed by atoms with Crippen molar-refractivity contribution in [2.45, 2.75) is 59.7 Å². The second-order valence-electron chi connectivity index (χ2n) is 7.02. The molecule has 17 heavy (non-hydrogen) atoms. The Labute approximate surface area is 109 Å². The first-order valence-electron chi connectivity index (χ1n) is 6.78. The average molecular weight is 248 g/mol. The van der Waals surface area contributed by atoms with Crippen molar-refractivity contribution in [2.75, 3.05) is 0 Å². The Morgan fingerprint density at radius 2 is 1.76 bits per heavy atom. The van der Waals surface area contributed by atoms with Crippen LogP contribution in [0.4, 0.5) is 0 Å². The standard InChI is InChI=1S/C16H28Si/c1-14-10-9-12-16(2,3)15(14)11-7-8-13-17(4,5)6/h7-8,11,13H,9-10,12H2,1-6H3/b11-7+,13-8+. The van der Waals surface area contributed by atoms with Crippen LogP contribution in [-0.2, 0) is 0 Å². The van der Waals surface area contributed by atoms with E-state index in [1.165, 1.54) is 19.3 Å². The molecule has 0 bridgehead atoms. The summed E-state index contributed by atoms with van der Waals surface area (Å²) in [5.74, 6) is 0. The third-order valence-corrected chi connectivity index (χ3v) is 4.71.